The SMILES string of the molecule is CC.COC(=O)[C@H](CC1CCN(C(=O)OC(C)(C)C)CC1)NC(=O)OCc1ccccc1. The zero-order valence-corrected chi connectivity index (χ0v) is 20.2. The van der Waals surface area contributed by atoms with Crippen molar-refractivity contribution in [3.8, 4) is 0 Å². The summed E-state index contributed by atoms with van der Waals surface area (Å²) in [5.74, 6) is -0.344. The molecule has 1 aliphatic heterocycles. The van der Waals surface area contributed by atoms with Gasteiger partial charge < -0.3 is 24.4 Å². The lowest BCUT2D eigenvalue weighted by molar-refractivity contribution is -0.143. The zero-order valence-electron chi connectivity index (χ0n) is 20.2. The fourth-order valence-corrected chi connectivity index (χ4v) is 3.27. The van der Waals surface area contributed by atoms with E-state index in [0.717, 1.165) is 5.56 Å². The molecule has 32 heavy (non-hydrogen) atoms. The Kier molecular flexibility index (Phi) is 11.6. The quantitative estimate of drug-likeness (QED) is 0.506. The van der Waals surface area contributed by atoms with Crippen molar-refractivity contribution in [1.82, 2.24) is 10.2 Å². The van der Waals surface area contributed by atoms with Gasteiger partial charge in [-0.15, -0.1) is 0 Å². The molecule has 8 nitrogen and oxygen atoms in total. The van der Waals surface area contributed by atoms with Crippen molar-refractivity contribution in [2.75, 3.05) is 20.2 Å². The van der Waals surface area contributed by atoms with E-state index in [0.29, 0.717) is 32.4 Å². The number of carbonyl (C=O) groups is 3. The van der Waals surface area contributed by atoms with Gasteiger partial charge in [-0.05, 0) is 51.5 Å². The number of nitrogens with zero attached hydrogens (tertiary/aromatic N) is 1. The topological polar surface area (TPSA) is 94.2 Å². The van der Waals surface area contributed by atoms with E-state index < -0.39 is 23.7 Å². The lowest BCUT2D eigenvalue weighted by Crippen LogP contribution is -2.46. The van der Waals surface area contributed by atoms with Crippen LogP contribution in [0.3, 0.4) is 0 Å². The number of carbonyl (C=O) groups excluding carboxylic acids is 3. The second kappa shape index (κ2) is 13.6. The standard InChI is InChI=1S/C22H32N2O6.C2H6/c1-22(2,3)30-21(27)24-12-10-16(11-13-24)14-18(19(25)28-4)23-20(26)29-15-17-8-6-5-7-9-17;1-2/h5-9,16,18H,10-15H2,1-4H3,(H,23,26);1-2H3/t18-;/m0./s1. The average Bonchev–Trinajstić information content (AvgIpc) is 2.78. The van der Waals surface area contributed by atoms with Crippen molar-refractivity contribution in [3.05, 3.63) is 35.9 Å². The van der Waals surface area contributed by atoms with Crippen LogP contribution in [0.25, 0.3) is 0 Å². The Morgan fingerprint density at radius 3 is 2.22 bits per heavy atom. The molecule has 1 N–H and O–H groups in total. The summed E-state index contributed by atoms with van der Waals surface area (Å²) in [5.41, 5.74) is 0.324. The van der Waals surface area contributed by atoms with E-state index in [-0.39, 0.29) is 18.6 Å². The minimum Gasteiger partial charge on any atom is -0.467 e. The van der Waals surface area contributed by atoms with Crippen LogP contribution in [0.5, 0.6) is 0 Å². The van der Waals surface area contributed by atoms with E-state index in [9.17, 15) is 14.4 Å². The highest BCUT2D eigenvalue weighted by Gasteiger charge is 2.31. The second-order valence-corrected chi connectivity index (χ2v) is 8.43. The molecule has 1 aromatic carbocycles. The van der Waals surface area contributed by atoms with Crippen LogP contribution in [-0.4, -0.2) is 54.9 Å². The third kappa shape index (κ3) is 10.0. The third-order valence-electron chi connectivity index (χ3n) is 4.83. The maximum Gasteiger partial charge on any atom is 0.410 e. The molecule has 0 unspecified atom stereocenters. The van der Waals surface area contributed by atoms with Crippen molar-refractivity contribution >= 4 is 18.2 Å². The Labute approximate surface area is 191 Å². The number of nitrogens with one attached hydrogen (secondary N) is 1. The number of esters is 1. The van der Waals surface area contributed by atoms with E-state index in [1.165, 1.54) is 7.11 Å². The smallest absolute Gasteiger partial charge is 0.410 e. The minimum atomic E-state index is -0.795. The van der Waals surface area contributed by atoms with Crippen LogP contribution in [0.2, 0.25) is 0 Å². The van der Waals surface area contributed by atoms with Gasteiger partial charge in [0.25, 0.3) is 0 Å². The van der Waals surface area contributed by atoms with Crippen molar-refractivity contribution < 1.29 is 28.6 Å². The monoisotopic (exact) mass is 450 g/mol. The summed E-state index contributed by atoms with van der Waals surface area (Å²) in [7, 11) is 1.29. The van der Waals surface area contributed by atoms with E-state index in [4.69, 9.17) is 14.2 Å². The van der Waals surface area contributed by atoms with Crippen molar-refractivity contribution in [3.63, 3.8) is 0 Å². The molecular formula is C24H38N2O6. The van der Waals surface area contributed by atoms with Crippen LogP contribution in [0, 0.1) is 5.92 Å². The second-order valence-electron chi connectivity index (χ2n) is 8.43. The van der Waals surface area contributed by atoms with Gasteiger partial charge in [0, 0.05) is 13.1 Å². The van der Waals surface area contributed by atoms with Gasteiger partial charge >= 0.3 is 18.2 Å². The summed E-state index contributed by atoms with van der Waals surface area (Å²) in [6, 6.07) is 8.50. The summed E-state index contributed by atoms with van der Waals surface area (Å²) in [5, 5.41) is 2.61. The lowest BCUT2D eigenvalue weighted by Gasteiger charge is -2.34. The first-order chi connectivity index (χ1) is 15.2. The van der Waals surface area contributed by atoms with Gasteiger partial charge in [0.15, 0.2) is 0 Å². The largest absolute Gasteiger partial charge is 0.467 e. The molecule has 0 bridgehead atoms. The number of rotatable bonds is 6. The Hall–Kier alpha value is -2.77. The van der Waals surface area contributed by atoms with E-state index in [1.54, 1.807) is 4.90 Å². The van der Waals surface area contributed by atoms with Crippen molar-refractivity contribution in [2.24, 2.45) is 5.92 Å². The van der Waals surface area contributed by atoms with Crippen LogP contribution < -0.4 is 5.32 Å². The normalized spacial score (nSPS) is 15.0. The highest BCUT2D eigenvalue weighted by Crippen LogP contribution is 2.24. The van der Waals surface area contributed by atoms with Gasteiger partial charge in [0.1, 0.15) is 18.2 Å². The van der Waals surface area contributed by atoms with Crippen LogP contribution in [0.4, 0.5) is 9.59 Å². The van der Waals surface area contributed by atoms with Gasteiger partial charge in [-0.3, -0.25) is 0 Å². The van der Waals surface area contributed by atoms with E-state index in [1.807, 2.05) is 65.0 Å². The molecule has 2 rings (SSSR count). The molecule has 1 heterocycles. The fourth-order valence-electron chi connectivity index (χ4n) is 3.27. The van der Waals surface area contributed by atoms with Crippen molar-refractivity contribution in [2.45, 2.75) is 72.1 Å². The summed E-state index contributed by atoms with van der Waals surface area (Å²) >= 11 is 0. The molecule has 0 aromatic heterocycles. The molecule has 1 aliphatic rings. The highest BCUT2D eigenvalue weighted by molar-refractivity contribution is 5.81. The lowest BCUT2D eigenvalue weighted by atomic mass is 9.90. The van der Waals surface area contributed by atoms with Crippen molar-refractivity contribution in [1.29, 1.82) is 0 Å². The third-order valence-corrected chi connectivity index (χ3v) is 4.83. The maximum absolute atomic E-state index is 12.2. The van der Waals surface area contributed by atoms with Crippen LogP contribution >= 0.6 is 0 Å². The molecule has 0 radical (unpaired) electrons. The van der Waals surface area contributed by atoms with Crippen LogP contribution in [-0.2, 0) is 25.6 Å². The van der Waals surface area contributed by atoms with Gasteiger partial charge in [0.2, 0.25) is 0 Å². The predicted octanol–water partition coefficient (Wildman–Crippen LogP) is 4.52. The predicted molar refractivity (Wildman–Crippen MR) is 122 cm³/mol. The fraction of sp³-hybridized carbons (Fsp3) is 0.625. The molecule has 0 spiro atoms. The number of hydrogen-bond donors (Lipinski definition) is 1. The number of hydrogen-bond acceptors (Lipinski definition) is 6. The number of ether oxygens (including phenoxy) is 3. The molecule has 2 amide bonds. The molecule has 8 heteroatoms. The summed E-state index contributed by atoms with van der Waals surface area (Å²) < 4.78 is 15.5. The number of alkyl carbamates (subject to hydrolysis) is 1. The molecule has 180 valence electrons. The first kappa shape index (κ1) is 27.3. The number of methoxy groups -OCH3 is 1. The Balaban J connectivity index is 0.00000249. The van der Waals surface area contributed by atoms with E-state index in [2.05, 4.69) is 5.32 Å². The molecule has 1 aromatic rings. The highest BCUT2D eigenvalue weighted by atomic mass is 16.6. The Morgan fingerprint density at radius 2 is 1.69 bits per heavy atom. The number of amides is 2. The first-order valence-electron chi connectivity index (χ1n) is 11.2. The summed E-state index contributed by atoms with van der Waals surface area (Å²) in [6.45, 7) is 10.7. The molecule has 0 aliphatic carbocycles. The van der Waals surface area contributed by atoms with Gasteiger partial charge in [-0.25, -0.2) is 14.4 Å². The zero-order chi connectivity index (χ0) is 24.1. The van der Waals surface area contributed by atoms with Crippen LogP contribution in [0.15, 0.2) is 30.3 Å². The Morgan fingerprint density at radius 1 is 1.09 bits per heavy atom. The maximum atomic E-state index is 12.2. The van der Waals surface area contributed by atoms with Crippen LogP contribution in [0.1, 0.15) is 59.4 Å². The average molecular weight is 451 g/mol. The Bertz CT molecular complexity index is 709. The molecule has 1 saturated heterocycles. The molecule has 1 atom stereocenters. The summed E-state index contributed by atoms with van der Waals surface area (Å²) in [4.78, 5) is 38.2. The first-order valence-corrected chi connectivity index (χ1v) is 11.2. The molecular weight excluding hydrogens is 412 g/mol. The minimum absolute atomic E-state index is 0.120. The number of piperidine rings is 1. The van der Waals surface area contributed by atoms with Gasteiger partial charge in [-0.2, -0.15) is 0 Å². The summed E-state index contributed by atoms with van der Waals surface area (Å²) in [6.07, 6.45) is 0.865. The van der Waals surface area contributed by atoms with E-state index >= 15 is 0 Å². The number of benzene rings is 1. The van der Waals surface area contributed by atoms with Gasteiger partial charge in [-0.1, -0.05) is 44.2 Å². The number of likely N-dealkylation sites (tertiary alicyclic amines) is 1. The van der Waals surface area contributed by atoms with Gasteiger partial charge in [0.05, 0.1) is 7.11 Å². The molecule has 1 fully saturated rings. The molecule has 0 saturated carbocycles.